The van der Waals surface area contributed by atoms with Gasteiger partial charge in [-0.3, -0.25) is 23.5 Å². The van der Waals surface area contributed by atoms with Crippen LogP contribution >= 0.6 is 0 Å². The second-order valence-corrected chi connectivity index (χ2v) is 26.7. The molecular weight excluding hydrogens is 665 g/mol. The summed E-state index contributed by atoms with van der Waals surface area (Å²) in [5.41, 5.74) is -3.31. The number of hydrogen-bond acceptors (Lipinski definition) is 10. The Bertz CT molecular complexity index is 1700. The highest BCUT2D eigenvalue weighted by Gasteiger charge is 2.68. The van der Waals surface area contributed by atoms with Crippen molar-refractivity contribution in [1.82, 2.24) is 19.4 Å². The monoisotopic (exact) mass is 714 g/mol. The highest BCUT2D eigenvalue weighted by Crippen LogP contribution is 2.52. The van der Waals surface area contributed by atoms with E-state index in [0.717, 1.165) is 16.4 Å². The minimum atomic E-state index is -4.48. The lowest BCUT2D eigenvalue weighted by Crippen LogP contribution is -2.61. The first-order valence-corrected chi connectivity index (χ1v) is 23.1. The molecule has 3 aliphatic rings. The number of amides is 2. The average molecular weight is 715 g/mol. The Morgan fingerprint density at radius 2 is 1.62 bits per heavy atom. The molecule has 2 saturated heterocycles. The van der Waals surface area contributed by atoms with Gasteiger partial charge in [-0.15, -0.1) is 0 Å². The van der Waals surface area contributed by atoms with Gasteiger partial charge in [0.25, 0.3) is 15.7 Å². The number of carbonyl (C=O) groups excluding carboxylic acids is 2. The van der Waals surface area contributed by atoms with Crippen molar-refractivity contribution < 1.29 is 35.8 Å². The third-order valence-corrected chi connectivity index (χ3v) is 20.4. The van der Waals surface area contributed by atoms with Crippen molar-refractivity contribution in [2.24, 2.45) is 7.05 Å². The van der Waals surface area contributed by atoms with Crippen molar-refractivity contribution in [2.75, 3.05) is 19.7 Å². The summed E-state index contributed by atoms with van der Waals surface area (Å²) >= 11 is 0. The Balaban J connectivity index is 1.97. The summed E-state index contributed by atoms with van der Waals surface area (Å²) in [6.07, 6.45) is -1.82. The maximum Gasteiger partial charge on any atom is 0.332 e. The fourth-order valence-electron chi connectivity index (χ4n) is 5.17. The maximum atomic E-state index is 13.7. The van der Waals surface area contributed by atoms with Gasteiger partial charge < -0.3 is 23.8 Å². The molecule has 4 rings (SSSR count). The smallest absolute Gasteiger partial charge is 0.332 e. The van der Waals surface area contributed by atoms with Crippen LogP contribution in [-0.4, -0.2) is 88.4 Å². The molecule has 47 heavy (non-hydrogen) atoms. The largest absolute Gasteiger partial charge is 0.414 e. The molecular formula is C30H50N4O10SSi2. The van der Waals surface area contributed by atoms with E-state index in [0.29, 0.717) is 13.1 Å². The Hall–Kier alpha value is -2.42. The molecule has 1 aromatic heterocycles. The lowest BCUT2D eigenvalue weighted by atomic mass is 9.89. The van der Waals surface area contributed by atoms with E-state index in [4.69, 9.17) is 17.8 Å². The molecule has 264 valence electrons. The minimum absolute atomic E-state index is 0.188. The normalized spacial score (nSPS) is 26.3. The Morgan fingerprint density at radius 3 is 2.13 bits per heavy atom. The molecule has 4 atom stereocenters. The molecule has 14 nitrogen and oxygen atoms in total. The number of aryl methyl sites for hydroxylation is 1. The predicted molar refractivity (Wildman–Crippen MR) is 180 cm³/mol. The lowest BCUT2D eigenvalue weighted by molar-refractivity contribution is -0.148. The molecule has 2 amide bonds. The van der Waals surface area contributed by atoms with Gasteiger partial charge in [-0.05, 0) is 49.6 Å². The molecule has 2 fully saturated rings. The quantitative estimate of drug-likeness (QED) is 0.252. The number of nitrogens with zero attached hydrogens (tertiary/aromatic N) is 3. The molecule has 1 spiro atoms. The number of ether oxygens (including phenoxy) is 1. The van der Waals surface area contributed by atoms with E-state index in [1.807, 2.05) is 67.7 Å². The molecule has 1 aromatic rings. The Morgan fingerprint density at radius 1 is 1.04 bits per heavy atom. The van der Waals surface area contributed by atoms with Crippen LogP contribution in [0, 0.1) is 6.92 Å². The van der Waals surface area contributed by atoms with Crippen molar-refractivity contribution in [3.63, 3.8) is 0 Å². The summed E-state index contributed by atoms with van der Waals surface area (Å²) in [4.78, 5) is 54.0. The van der Waals surface area contributed by atoms with Crippen molar-refractivity contribution in [1.29, 1.82) is 0 Å². The van der Waals surface area contributed by atoms with Gasteiger partial charge in [0, 0.05) is 31.9 Å². The fourth-order valence-corrected chi connectivity index (χ4v) is 8.71. The summed E-state index contributed by atoms with van der Waals surface area (Å²) in [5.74, 6) is -1.85. The average Bonchev–Trinajstić information content (AvgIpc) is 3.33. The molecule has 0 aliphatic carbocycles. The summed E-state index contributed by atoms with van der Waals surface area (Å²) in [6, 6.07) is 0. The number of nitrogens with one attached hydrogen (secondary N) is 1. The van der Waals surface area contributed by atoms with Gasteiger partial charge >= 0.3 is 17.5 Å². The Kier molecular flexibility index (Phi) is 9.69. The molecule has 3 aliphatic heterocycles. The van der Waals surface area contributed by atoms with Gasteiger partial charge in [0.2, 0.25) is 0 Å². The van der Waals surface area contributed by atoms with E-state index < -0.39 is 78.9 Å². The zero-order valence-electron chi connectivity index (χ0n) is 29.5. The van der Waals surface area contributed by atoms with Crippen LogP contribution in [0.1, 0.15) is 59.8 Å². The van der Waals surface area contributed by atoms with Crippen LogP contribution in [-0.2, 0) is 44.5 Å². The van der Waals surface area contributed by atoms with Crippen LogP contribution in [0.15, 0.2) is 26.9 Å². The van der Waals surface area contributed by atoms with Gasteiger partial charge in [-0.2, -0.15) is 8.42 Å². The van der Waals surface area contributed by atoms with E-state index in [-0.39, 0.29) is 22.9 Å². The van der Waals surface area contributed by atoms with Gasteiger partial charge in [-0.25, -0.2) is 8.98 Å². The van der Waals surface area contributed by atoms with Crippen molar-refractivity contribution in [2.45, 2.75) is 115 Å². The number of likely N-dealkylation sites (tertiary alicyclic amines) is 1. The van der Waals surface area contributed by atoms with Gasteiger partial charge in [0.05, 0.1) is 17.7 Å². The number of rotatable bonds is 7. The fraction of sp³-hybridized carbons (Fsp3) is 0.733. The summed E-state index contributed by atoms with van der Waals surface area (Å²) in [7, 11) is -8.49. The van der Waals surface area contributed by atoms with E-state index in [9.17, 15) is 27.6 Å². The van der Waals surface area contributed by atoms with Crippen LogP contribution in [0.3, 0.4) is 0 Å². The molecule has 17 heteroatoms. The maximum absolute atomic E-state index is 13.7. The SMILES string of the molecule is Cc1cn([C@@H]2O[C@H](CO[Si](C)(C)C(C)(C)C)[C@@]3(OS(=O)(=O)C=C3NC(=O)C(=O)N3CCC3)[C@H]2O[Si](C)(C)C(C)(C)C)c(=O)n(C)c1=O. The predicted octanol–water partition coefficient (Wildman–Crippen LogP) is 2.45. The minimum Gasteiger partial charge on any atom is -0.414 e. The molecule has 0 saturated carbocycles. The van der Waals surface area contributed by atoms with Gasteiger partial charge in [-0.1, -0.05) is 41.5 Å². The molecule has 0 aromatic carbocycles. The van der Waals surface area contributed by atoms with Crippen LogP contribution < -0.4 is 16.6 Å². The first-order valence-electron chi connectivity index (χ1n) is 15.8. The van der Waals surface area contributed by atoms with Crippen LogP contribution in [0.5, 0.6) is 0 Å². The highest BCUT2D eigenvalue weighted by molar-refractivity contribution is 7.90. The highest BCUT2D eigenvalue weighted by atomic mass is 32.2. The summed E-state index contributed by atoms with van der Waals surface area (Å²) < 4.78 is 55.1. The number of aromatic nitrogens is 2. The second-order valence-electron chi connectivity index (χ2n) is 15.8. The summed E-state index contributed by atoms with van der Waals surface area (Å²) in [6.45, 7) is 22.2. The topological polar surface area (TPSA) is 164 Å². The molecule has 1 N–H and O–H groups in total. The second kappa shape index (κ2) is 12.2. The van der Waals surface area contributed by atoms with Crippen LogP contribution in [0.4, 0.5) is 0 Å². The van der Waals surface area contributed by atoms with Gasteiger partial charge in [0.15, 0.2) is 28.5 Å². The molecule has 0 radical (unpaired) electrons. The first kappa shape index (κ1) is 37.4. The molecule has 0 unspecified atom stereocenters. The molecule has 4 heterocycles. The molecule has 0 bridgehead atoms. The zero-order valence-corrected chi connectivity index (χ0v) is 32.4. The van der Waals surface area contributed by atoms with Crippen LogP contribution in [0.2, 0.25) is 36.3 Å². The summed E-state index contributed by atoms with van der Waals surface area (Å²) in [5, 5.41) is 2.67. The van der Waals surface area contributed by atoms with Crippen molar-refractivity contribution in [3.8, 4) is 0 Å². The Labute approximate surface area is 278 Å². The van der Waals surface area contributed by atoms with E-state index in [1.54, 1.807) is 6.92 Å². The number of carbonyl (C=O) groups is 2. The van der Waals surface area contributed by atoms with Crippen molar-refractivity contribution in [3.05, 3.63) is 43.7 Å². The first-order chi connectivity index (χ1) is 21.3. The van der Waals surface area contributed by atoms with E-state index in [1.165, 1.54) is 22.7 Å². The lowest BCUT2D eigenvalue weighted by Gasteiger charge is -2.44. The number of hydrogen-bond donors (Lipinski definition) is 1. The van der Waals surface area contributed by atoms with E-state index >= 15 is 0 Å². The third kappa shape index (κ3) is 6.76. The zero-order chi connectivity index (χ0) is 35.7. The van der Waals surface area contributed by atoms with Crippen LogP contribution in [0.25, 0.3) is 0 Å². The standard InChI is InChI=1S/C30H50N4O10SSi2/c1-19-16-34(27(38)32(8)24(19)36)26-22(43-47(11,12)29(5,6)7)30(21(42-26)17-41-46(9,10)28(2,3)4)20(18-45(39,40)44-30)31-23(35)25(37)33-14-13-15-33/h16,18,21-22,26H,13-15,17H2,1-12H3,(H,31,35)/t21-,22+,26-,30-/m1/s1. The third-order valence-electron chi connectivity index (χ3n) is 10.4. The van der Waals surface area contributed by atoms with E-state index in [2.05, 4.69) is 5.32 Å². The van der Waals surface area contributed by atoms with Crippen molar-refractivity contribution >= 4 is 38.6 Å². The van der Waals surface area contributed by atoms with Gasteiger partial charge in [0.1, 0.15) is 12.2 Å².